The molecular weight excluding hydrogens is 350 g/mol. The molecule has 0 heterocycles. The van der Waals surface area contributed by atoms with Crippen molar-refractivity contribution >= 4 is 34.8 Å². The van der Waals surface area contributed by atoms with Crippen LogP contribution < -0.4 is 15.4 Å². The van der Waals surface area contributed by atoms with Gasteiger partial charge in [-0.3, -0.25) is 0 Å². The van der Waals surface area contributed by atoms with Gasteiger partial charge in [0.1, 0.15) is 17.4 Å². The van der Waals surface area contributed by atoms with Gasteiger partial charge in [-0.05, 0) is 60.8 Å². The highest BCUT2D eigenvalue weighted by Crippen LogP contribution is 2.21. The lowest BCUT2D eigenvalue weighted by Crippen LogP contribution is -2.29. The van der Waals surface area contributed by atoms with Crippen LogP contribution in [0.1, 0.15) is 6.42 Å². The van der Waals surface area contributed by atoms with Gasteiger partial charge in [0.15, 0.2) is 5.11 Å². The predicted molar refractivity (Wildman–Crippen MR) is 98.9 cm³/mol. The van der Waals surface area contributed by atoms with E-state index in [1.165, 1.54) is 17.0 Å². The van der Waals surface area contributed by atoms with E-state index in [-0.39, 0.29) is 5.69 Å². The average Bonchev–Trinajstić information content (AvgIpc) is 2.57. The van der Waals surface area contributed by atoms with Crippen molar-refractivity contribution in [3.8, 4) is 5.75 Å². The third-order valence-corrected chi connectivity index (χ3v) is 4.46. The largest absolute Gasteiger partial charge is 0.497 e. The minimum absolute atomic E-state index is 0.154. The minimum atomic E-state index is -0.672. The Morgan fingerprint density at radius 1 is 1.17 bits per heavy atom. The van der Waals surface area contributed by atoms with Crippen molar-refractivity contribution in [2.45, 2.75) is 11.3 Å². The average molecular weight is 368 g/mol. The maximum Gasteiger partial charge on any atom is 0.170 e. The smallest absolute Gasteiger partial charge is 0.170 e. The third-order valence-electron chi connectivity index (χ3n) is 3.11. The molecule has 3 nitrogen and oxygen atoms in total. The first-order chi connectivity index (χ1) is 11.6. The standard InChI is InChI=1S/C17H18F2N2OS2/c1-22-13-4-6-14(7-5-13)24-10-2-9-20-17(23)21-16-8-3-12(18)11-15(16)19/h3-8,11H,2,9-10H2,1H3,(H2,20,21,23). The summed E-state index contributed by atoms with van der Waals surface area (Å²) in [4.78, 5) is 1.17. The van der Waals surface area contributed by atoms with E-state index in [2.05, 4.69) is 10.6 Å². The molecule has 0 aliphatic rings. The molecule has 2 aromatic rings. The molecule has 0 atom stereocenters. The van der Waals surface area contributed by atoms with E-state index in [4.69, 9.17) is 17.0 Å². The summed E-state index contributed by atoms with van der Waals surface area (Å²) in [5, 5.41) is 6.04. The molecule has 0 bridgehead atoms. The van der Waals surface area contributed by atoms with Crippen molar-refractivity contribution in [2.24, 2.45) is 0 Å². The van der Waals surface area contributed by atoms with E-state index in [0.29, 0.717) is 11.7 Å². The Balaban J connectivity index is 1.65. The van der Waals surface area contributed by atoms with Gasteiger partial charge in [-0.2, -0.15) is 0 Å². The molecule has 0 radical (unpaired) electrons. The molecule has 0 unspecified atom stereocenters. The van der Waals surface area contributed by atoms with E-state index in [1.807, 2.05) is 24.3 Å². The number of thioether (sulfide) groups is 1. The van der Waals surface area contributed by atoms with Crippen LogP contribution in [0.4, 0.5) is 14.5 Å². The fourth-order valence-corrected chi connectivity index (χ4v) is 2.96. The number of thiocarbonyl (C=S) groups is 1. The van der Waals surface area contributed by atoms with Gasteiger partial charge in [0.2, 0.25) is 0 Å². The number of methoxy groups -OCH3 is 1. The van der Waals surface area contributed by atoms with Crippen LogP contribution >= 0.6 is 24.0 Å². The summed E-state index contributed by atoms with van der Waals surface area (Å²) in [6.07, 6.45) is 0.893. The second kappa shape index (κ2) is 9.44. The van der Waals surface area contributed by atoms with Gasteiger partial charge in [-0.1, -0.05) is 0 Å². The Bertz CT molecular complexity index is 681. The molecule has 128 valence electrons. The van der Waals surface area contributed by atoms with Crippen LogP contribution in [-0.2, 0) is 0 Å². The van der Waals surface area contributed by atoms with Gasteiger partial charge in [0, 0.05) is 17.5 Å². The Morgan fingerprint density at radius 3 is 2.58 bits per heavy atom. The van der Waals surface area contributed by atoms with Gasteiger partial charge in [-0.15, -0.1) is 11.8 Å². The van der Waals surface area contributed by atoms with Crippen molar-refractivity contribution < 1.29 is 13.5 Å². The summed E-state index contributed by atoms with van der Waals surface area (Å²) < 4.78 is 31.4. The second-order valence-corrected chi connectivity index (χ2v) is 6.46. The minimum Gasteiger partial charge on any atom is -0.497 e. The Kier molecular flexibility index (Phi) is 7.27. The van der Waals surface area contributed by atoms with Crippen molar-refractivity contribution in [3.63, 3.8) is 0 Å². The van der Waals surface area contributed by atoms with Crippen molar-refractivity contribution in [3.05, 3.63) is 54.1 Å². The zero-order valence-corrected chi connectivity index (χ0v) is 14.8. The van der Waals surface area contributed by atoms with E-state index < -0.39 is 11.6 Å². The molecule has 0 fully saturated rings. The van der Waals surface area contributed by atoms with Gasteiger partial charge >= 0.3 is 0 Å². The quantitative estimate of drug-likeness (QED) is 0.429. The first-order valence-electron chi connectivity index (χ1n) is 7.35. The van der Waals surface area contributed by atoms with Crippen LogP contribution in [0.5, 0.6) is 5.75 Å². The fraction of sp³-hybridized carbons (Fsp3) is 0.235. The lowest BCUT2D eigenvalue weighted by Gasteiger charge is -2.11. The van der Waals surface area contributed by atoms with Crippen LogP contribution in [0, 0.1) is 11.6 Å². The molecule has 0 amide bonds. The molecule has 2 rings (SSSR count). The Morgan fingerprint density at radius 2 is 1.92 bits per heavy atom. The summed E-state index contributed by atoms with van der Waals surface area (Å²) in [6.45, 7) is 0.664. The highest BCUT2D eigenvalue weighted by molar-refractivity contribution is 7.99. The molecular formula is C17H18F2N2OS2. The zero-order valence-electron chi connectivity index (χ0n) is 13.1. The van der Waals surface area contributed by atoms with Crippen LogP contribution in [-0.4, -0.2) is 24.5 Å². The molecule has 0 saturated carbocycles. The fourth-order valence-electron chi connectivity index (χ4n) is 1.89. The molecule has 0 aliphatic carbocycles. The lowest BCUT2D eigenvalue weighted by atomic mass is 10.3. The van der Waals surface area contributed by atoms with Crippen LogP contribution in [0.15, 0.2) is 47.4 Å². The number of hydrogen-bond acceptors (Lipinski definition) is 3. The molecule has 0 aliphatic heterocycles. The van der Waals surface area contributed by atoms with E-state index in [1.54, 1.807) is 18.9 Å². The van der Waals surface area contributed by atoms with E-state index in [9.17, 15) is 8.78 Å². The Labute approximate surface area is 149 Å². The maximum absolute atomic E-state index is 13.5. The Hall–Kier alpha value is -1.86. The van der Waals surface area contributed by atoms with Crippen molar-refractivity contribution in [1.82, 2.24) is 5.32 Å². The number of hydrogen-bond donors (Lipinski definition) is 2. The van der Waals surface area contributed by atoms with E-state index >= 15 is 0 Å². The number of nitrogens with one attached hydrogen (secondary N) is 2. The monoisotopic (exact) mass is 368 g/mol. The maximum atomic E-state index is 13.5. The van der Waals surface area contributed by atoms with Gasteiger partial charge < -0.3 is 15.4 Å². The molecule has 7 heteroatoms. The van der Waals surface area contributed by atoms with Crippen LogP contribution in [0.25, 0.3) is 0 Å². The normalized spacial score (nSPS) is 10.3. The van der Waals surface area contributed by atoms with Gasteiger partial charge in [-0.25, -0.2) is 8.78 Å². The molecule has 0 spiro atoms. The summed E-state index contributed by atoms with van der Waals surface area (Å²) >= 11 is 6.83. The second-order valence-electron chi connectivity index (χ2n) is 4.88. The molecule has 2 aromatic carbocycles. The van der Waals surface area contributed by atoms with Crippen molar-refractivity contribution in [1.29, 1.82) is 0 Å². The number of rotatable bonds is 7. The van der Waals surface area contributed by atoms with Crippen molar-refractivity contribution in [2.75, 3.05) is 24.7 Å². The molecule has 2 N–H and O–H groups in total. The third kappa shape index (κ3) is 5.98. The van der Waals surface area contributed by atoms with E-state index in [0.717, 1.165) is 24.0 Å². The zero-order chi connectivity index (χ0) is 17.4. The van der Waals surface area contributed by atoms with Gasteiger partial charge in [0.05, 0.1) is 12.8 Å². The number of benzene rings is 2. The topological polar surface area (TPSA) is 33.3 Å². The summed E-state index contributed by atoms with van der Waals surface area (Å²) in [6, 6.07) is 11.2. The first kappa shape index (κ1) is 18.5. The molecule has 24 heavy (non-hydrogen) atoms. The highest BCUT2D eigenvalue weighted by Gasteiger charge is 2.05. The van der Waals surface area contributed by atoms with Gasteiger partial charge in [0.25, 0.3) is 0 Å². The van der Waals surface area contributed by atoms with Crippen LogP contribution in [0.3, 0.4) is 0 Å². The summed E-state index contributed by atoms with van der Waals surface area (Å²) in [5.41, 5.74) is 0.154. The predicted octanol–water partition coefficient (Wildman–Crippen LogP) is 4.44. The SMILES string of the molecule is COc1ccc(SCCCNC(=S)Nc2ccc(F)cc2F)cc1. The molecule has 0 saturated heterocycles. The summed E-state index contributed by atoms with van der Waals surface area (Å²) in [7, 11) is 1.64. The molecule has 0 aromatic heterocycles. The van der Waals surface area contributed by atoms with Crippen LogP contribution in [0.2, 0.25) is 0 Å². The number of anilines is 1. The lowest BCUT2D eigenvalue weighted by molar-refractivity contribution is 0.414. The number of halogens is 2. The highest BCUT2D eigenvalue weighted by atomic mass is 32.2. The summed E-state index contributed by atoms with van der Waals surface area (Å²) in [5.74, 6) is 0.472. The number of ether oxygens (including phenoxy) is 1. The first-order valence-corrected chi connectivity index (χ1v) is 8.74.